The number of pyridine rings is 2. The van der Waals surface area contributed by atoms with Gasteiger partial charge in [-0.2, -0.15) is 0 Å². The largest absolute Gasteiger partial charge is 0.477 e. The molecule has 9 heterocycles. The number of hydrogen-bond acceptors (Lipinski definition) is 18. The standard InChI is InChI=1S/C25H23FN8O4.C21H21FN6O4/c1-31-14-38-24-21-16(23(35)17(25(36)37)13-34(21)31)8-18(26)22(24)32-7-2-15(11-32)12-33(19-9-27-3-5-29-19)20-10-28-4-6-30-20;1-26-11-32-20-17-13(19(29)14(21(30)31)10-28(17)26)6-15(22)18(20)27-5-2-12(9-27)7-25-16-8-23-3-4-24-16/h3-6,8-10,13,15H,2,7,11-12,14H2,1H3,(H,36,37);3-4,6,8,10,12H,2,5,7,9,11H2,1H3,(H,24,25)(H,30,31). The fourth-order valence-electron chi connectivity index (χ4n) is 9.39. The molecule has 0 bridgehead atoms. The van der Waals surface area contributed by atoms with Crippen LogP contribution >= 0.6 is 0 Å². The van der Waals surface area contributed by atoms with Gasteiger partial charge in [0.05, 0.1) is 29.4 Å². The SMILES string of the molecule is CN1COc2c(N3CCC(CN(c4cnccn4)c4cnccn4)C3)c(F)cc3c(=O)c(C(=O)O)cn1c23.CN1COc2c(N3CCC(CNc4cnccn4)C3)c(F)cc3c(=O)c(C(=O)O)cn1c23. The number of ether oxygens (including phenoxy) is 2. The molecule has 2 saturated heterocycles. The first kappa shape index (κ1) is 45.1. The van der Waals surface area contributed by atoms with Gasteiger partial charge in [-0.25, -0.2) is 33.3 Å². The highest BCUT2D eigenvalue weighted by molar-refractivity contribution is 5.98. The third-order valence-corrected chi connectivity index (χ3v) is 12.7. The Morgan fingerprint density at radius 1 is 0.700 bits per heavy atom. The van der Waals surface area contributed by atoms with E-state index in [1.165, 1.54) is 12.4 Å². The molecule has 70 heavy (non-hydrogen) atoms. The summed E-state index contributed by atoms with van der Waals surface area (Å²) >= 11 is 0. The zero-order valence-electron chi connectivity index (χ0n) is 37.6. The second kappa shape index (κ2) is 18.4. The summed E-state index contributed by atoms with van der Waals surface area (Å²) in [7, 11) is 3.40. The van der Waals surface area contributed by atoms with Crippen LogP contribution < -0.4 is 50.4 Å². The summed E-state index contributed by atoms with van der Waals surface area (Å²) in [5.74, 6) is -1.18. The summed E-state index contributed by atoms with van der Waals surface area (Å²) in [6.45, 7) is 3.66. The first-order valence-corrected chi connectivity index (χ1v) is 22.1. The molecule has 2 aromatic carbocycles. The number of nitrogens with zero attached hydrogens (tertiary/aromatic N) is 13. The minimum Gasteiger partial charge on any atom is -0.477 e. The van der Waals surface area contributed by atoms with Gasteiger partial charge in [0.25, 0.3) is 0 Å². The number of aromatic nitrogens is 8. The van der Waals surface area contributed by atoms with Gasteiger partial charge in [-0.15, -0.1) is 0 Å². The second-order valence-corrected chi connectivity index (χ2v) is 17.2. The summed E-state index contributed by atoms with van der Waals surface area (Å²) in [5.41, 5.74) is -1.07. The van der Waals surface area contributed by atoms with Gasteiger partial charge in [-0.05, 0) is 36.8 Å². The number of carbonyl (C=O) groups is 2. The fraction of sp³-hybridized carbons (Fsp3) is 0.304. The van der Waals surface area contributed by atoms with Gasteiger partial charge >= 0.3 is 11.9 Å². The Hall–Kier alpha value is -8.70. The third-order valence-electron chi connectivity index (χ3n) is 12.7. The fourth-order valence-corrected chi connectivity index (χ4v) is 9.39. The zero-order valence-corrected chi connectivity index (χ0v) is 37.6. The monoisotopic (exact) mass is 958 g/mol. The van der Waals surface area contributed by atoms with Crippen molar-refractivity contribution in [3.8, 4) is 11.5 Å². The molecule has 4 aliphatic rings. The second-order valence-electron chi connectivity index (χ2n) is 17.2. The molecular formula is C46H44F2N14O8. The maximum Gasteiger partial charge on any atom is 0.341 e. The summed E-state index contributed by atoms with van der Waals surface area (Å²) in [6, 6.07) is 2.23. The van der Waals surface area contributed by atoms with E-state index in [1.807, 2.05) is 14.7 Å². The number of hydrogen-bond donors (Lipinski definition) is 3. The molecule has 22 nitrogen and oxygen atoms in total. The Bertz CT molecular complexity index is 3240. The van der Waals surface area contributed by atoms with Crippen molar-refractivity contribution >= 4 is 62.6 Å². The first-order valence-electron chi connectivity index (χ1n) is 22.1. The number of nitrogens with one attached hydrogen (secondary N) is 1. The van der Waals surface area contributed by atoms with Crippen molar-refractivity contribution in [3.05, 3.63) is 124 Å². The molecule has 0 aliphatic carbocycles. The lowest BCUT2D eigenvalue weighted by Crippen LogP contribution is -2.40. The molecular weight excluding hydrogens is 915 g/mol. The van der Waals surface area contributed by atoms with E-state index in [2.05, 4.69) is 35.2 Å². The van der Waals surface area contributed by atoms with Crippen LogP contribution in [-0.4, -0.2) is 128 Å². The summed E-state index contributed by atoms with van der Waals surface area (Å²) in [5, 5.41) is 25.3. The van der Waals surface area contributed by atoms with E-state index in [4.69, 9.17) is 9.47 Å². The summed E-state index contributed by atoms with van der Waals surface area (Å²) in [4.78, 5) is 80.0. The van der Waals surface area contributed by atoms with Crippen LogP contribution in [-0.2, 0) is 0 Å². The Labute approximate surface area is 395 Å². The highest BCUT2D eigenvalue weighted by Crippen LogP contribution is 2.43. The van der Waals surface area contributed by atoms with Gasteiger partial charge < -0.3 is 39.7 Å². The van der Waals surface area contributed by atoms with Gasteiger partial charge in [-0.1, -0.05) is 0 Å². The molecule has 0 saturated carbocycles. The molecule has 5 aromatic heterocycles. The van der Waals surface area contributed by atoms with E-state index in [0.717, 1.165) is 25.0 Å². The Morgan fingerprint density at radius 3 is 1.63 bits per heavy atom. The number of halogens is 2. The van der Waals surface area contributed by atoms with Crippen LogP contribution in [0.5, 0.6) is 11.5 Å². The Balaban J connectivity index is 0.000000165. The maximum absolute atomic E-state index is 15.6. The van der Waals surface area contributed by atoms with E-state index in [1.54, 1.807) is 89.2 Å². The van der Waals surface area contributed by atoms with Gasteiger partial charge in [0.1, 0.15) is 39.4 Å². The Kier molecular flexibility index (Phi) is 11.9. The first-order chi connectivity index (χ1) is 33.9. The average Bonchev–Trinajstić information content (AvgIpc) is 4.04. The van der Waals surface area contributed by atoms with Crippen molar-refractivity contribution in [1.29, 1.82) is 0 Å². The predicted molar refractivity (Wildman–Crippen MR) is 252 cm³/mol. The smallest absolute Gasteiger partial charge is 0.341 e. The minimum absolute atomic E-state index is 0.0206. The van der Waals surface area contributed by atoms with Crippen LogP contribution in [0.2, 0.25) is 0 Å². The molecule has 0 spiro atoms. The van der Waals surface area contributed by atoms with E-state index < -0.39 is 45.6 Å². The molecule has 2 atom stereocenters. The van der Waals surface area contributed by atoms with E-state index in [-0.39, 0.29) is 53.3 Å². The molecule has 2 unspecified atom stereocenters. The predicted octanol–water partition coefficient (Wildman–Crippen LogP) is 3.49. The topological polar surface area (TPSA) is 243 Å². The molecule has 2 fully saturated rings. The number of rotatable bonds is 11. The lowest BCUT2D eigenvalue weighted by Gasteiger charge is -2.33. The zero-order chi connectivity index (χ0) is 48.8. The number of carboxylic acid groups (broad SMARTS) is 2. The van der Waals surface area contributed by atoms with Crippen LogP contribution in [0.4, 0.5) is 37.6 Å². The molecule has 7 aromatic rings. The van der Waals surface area contributed by atoms with Crippen LogP contribution in [0, 0.1) is 23.5 Å². The minimum atomic E-state index is -1.37. The van der Waals surface area contributed by atoms with Crippen molar-refractivity contribution in [1.82, 2.24) is 39.3 Å². The number of anilines is 5. The van der Waals surface area contributed by atoms with Crippen LogP contribution in [0.1, 0.15) is 33.6 Å². The highest BCUT2D eigenvalue weighted by Gasteiger charge is 2.35. The van der Waals surface area contributed by atoms with Crippen molar-refractivity contribution < 1.29 is 38.1 Å². The molecule has 4 aliphatic heterocycles. The van der Waals surface area contributed by atoms with E-state index in [9.17, 15) is 29.4 Å². The summed E-state index contributed by atoms with van der Waals surface area (Å²) < 4.78 is 45.8. The number of benzene rings is 2. The van der Waals surface area contributed by atoms with Crippen molar-refractivity contribution in [2.24, 2.45) is 11.8 Å². The number of carboxylic acids is 2. The lowest BCUT2D eigenvalue weighted by atomic mass is 10.1. The van der Waals surface area contributed by atoms with E-state index >= 15 is 8.78 Å². The third kappa shape index (κ3) is 8.25. The maximum atomic E-state index is 15.6. The average molecular weight is 959 g/mol. The normalized spacial score (nSPS) is 17.0. The molecule has 11 rings (SSSR count). The van der Waals surface area contributed by atoms with Crippen molar-refractivity contribution in [3.63, 3.8) is 0 Å². The Morgan fingerprint density at radius 2 is 1.17 bits per heavy atom. The van der Waals surface area contributed by atoms with Crippen LogP contribution in [0.15, 0.2) is 89.9 Å². The van der Waals surface area contributed by atoms with Crippen molar-refractivity contribution in [2.75, 3.05) is 96.9 Å². The molecule has 0 radical (unpaired) electrons. The molecule has 360 valence electrons. The van der Waals surface area contributed by atoms with Crippen LogP contribution in [0.25, 0.3) is 21.8 Å². The highest BCUT2D eigenvalue weighted by atomic mass is 19.1. The van der Waals surface area contributed by atoms with Gasteiger partial charge in [0.15, 0.2) is 48.2 Å². The van der Waals surface area contributed by atoms with E-state index in [0.29, 0.717) is 73.4 Å². The van der Waals surface area contributed by atoms with Crippen LogP contribution in [0.3, 0.4) is 0 Å². The van der Waals surface area contributed by atoms with Gasteiger partial charge in [-0.3, -0.25) is 43.9 Å². The number of aromatic carboxylic acids is 2. The summed E-state index contributed by atoms with van der Waals surface area (Å²) in [6.07, 6.45) is 18.7. The molecule has 24 heteroatoms. The molecule has 3 N–H and O–H groups in total. The van der Waals surface area contributed by atoms with Crippen molar-refractivity contribution in [2.45, 2.75) is 12.8 Å². The quantitative estimate of drug-likeness (QED) is 0.168. The van der Waals surface area contributed by atoms with Gasteiger partial charge in [0, 0.05) is 103 Å². The van der Waals surface area contributed by atoms with Gasteiger partial charge in [0.2, 0.25) is 10.9 Å². The lowest BCUT2D eigenvalue weighted by molar-refractivity contribution is 0.0683. The molecule has 0 amide bonds.